The fraction of sp³-hybridized carbons (Fsp3) is 0.364. The first-order chi connectivity index (χ1) is 19.2. The summed E-state index contributed by atoms with van der Waals surface area (Å²) in [5.41, 5.74) is 5.28. The Bertz CT molecular complexity index is 1600. The minimum atomic E-state index is -0.618. The highest BCUT2D eigenvalue weighted by Crippen LogP contribution is 2.47. The Labute approximate surface area is 233 Å². The summed E-state index contributed by atoms with van der Waals surface area (Å²) in [7, 11) is 0. The summed E-state index contributed by atoms with van der Waals surface area (Å²) in [5.74, 6) is -0.466. The lowest BCUT2D eigenvalue weighted by Gasteiger charge is -2.27. The van der Waals surface area contributed by atoms with Gasteiger partial charge in [-0.1, -0.05) is 33.3 Å². The lowest BCUT2D eigenvalue weighted by atomic mass is 9.79. The summed E-state index contributed by atoms with van der Waals surface area (Å²) in [6.07, 6.45) is 7.54. The predicted octanol–water partition coefficient (Wildman–Crippen LogP) is 6.94. The number of carbonyl (C=O) groups is 1. The molecule has 0 saturated carbocycles. The van der Waals surface area contributed by atoms with Crippen LogP contribution < -0.4 is 10.6 Å². The molecule has 6 rings (SSSR count). The molecule has 40 heavy (non-hydrogen) atoms. The Morgan fingerprint density at radius 3 is 2.55 bits per heavy atom. The molecule has 2 aromatic carbocycles. The zero-order chi connectivity index (χ0) is 28.1. The van der Waals surface area contributed by atoms with Crippen molar-refractivity contribution in [3.63, 3.8) is 0 Å². The zero-order valence-electron chi connectivity index (χ0n) is 23.2. The fourth-order valence-corrected chi connectivity index (χ4v) is 6.16. The number of rotatable bonds is 8. The van der Waals surface area contributed by atoms with Gasteiger partial charge in [0, 0.05) is 42.0 Å². The first kappa shape index (κ1) is 26.5. The van der Waals surface area contributed by atoms with Gasteiger partial charge in [-0.05, 0) is 89.8 Å². The van der Waals surface area contributed by atoms with Crippen molar-refractivity contribution in [1.29, 1.82) is 0 Å². The van der Waals surface area contributed by atoms with E-state index in [1.165, 1.54) is 12.1 Å². The molecule has 2 aromatic heterocycles. The van der Waals surface area contributed by atoms with E-state index in [0.717, 1.165) is 58.5 Å². The molecule has 1 spiro atoms. The minimum absolute atomic E-state index is 0.00498. The van der Waals surface area contributed by atoms with E-state index in [0.29, 0.717) is 30.8 Å². The van der Waals surface area contributed by atoms with Crippen LogP contribution in [0.25, 0.3) is 10.9 Å². The maximum Gasteiger partial charge on any atom is 0.237 e. The van der Waals surface area contributed by atoms with Crippen molar-refractivity contribution < 1.29 is 13.6 Å². The van der Waals surface area contributed by atoms with E-state index in [9.17, 15) is 13.6 Å². The van der Waals surface area contributed by atoms with Gasteiger partial charge in [-0.15, -0.1) is 0 Å². The third-order valence-electron chi connectivity index (χ3n) is 8.94. The van der Waals surface area contributed by atoms with Crippen LogP contribution in [0.3, 0.4) is 0 Å². The van der Waals surface area contributed by atoms with Gasteiger partial charge in [-0.2, -0.15) is 0 Å². The van der Waals surface area contributed by atoms with Gasteiger partial charge in [0.15, 0.2) is 0 Å². The van der Waals surface area contributed by atoms with Gasteiger partial charge in [0.25, 0.3) is 0 Å². The summed E-state index contributed by atoms with van der Waals surface area (Å²) in [6.45, 7) is 7.12. The largest absolute Gasteiger partial charge is 0.310 e. The SMILES string of the molecule is CCC(C)(C)CC[C@H](NCc1cnc2cc3c(cc2c1)C[C@@]1(C3)C(=O)Nc2ncccc21)c1cc(F)cc(F)c1. The minimum Gasteiger partial charge on any atom is -0.310 e. The van der Waals surface area contributed by atoms with Crippen LogP contribution in [0.5, 0.6) is 0 Å². The number of hydrogen-bond acceptors (Lipinski definition) is 4. The second kappa shape index (κ2) is 10.0. The maximum absolute atomic E-state index is 14.1. The van der Waals surface area contributed by atoms with Crippen LogP contribution in [0.15, 0.2) is 60.9 Å². The summed E-state index contributed by atoms with van der Waals surface area (Å²) >= 11 is 0. The molecule has 0 bridgehead atoms. The summed E-state index contributed by atoms with van der Waals surface area (Å²) in [4.78, 5) is 22.2. The third-order valence-corrected chi connectivity index (χ3v) is 8.94. The molecule has 1 aliphatic carbocycles. The molecule has 2 N–H and O–H groups in total. The monoisotopic (exact) mass is 540 g/mol. The maximum atomic E-state index is 14.1. The van der Waals surface area contributed by atoms with E-state index in [1.54, 1.807) is 6.20 Å². The number of benzene rings is 2. The number of nitrogens with zero attached hydrogens (tertiary/aromatic N) is 2. The van der Waals surface area contributed by atoms with Crippen molar-refractivity contribution >= 4 is 22.6 Å². The van der Waals surface area contributed by atoms with Crippen molar-refractivity contribution in [3.8, 4) is 0 Å². The molecular formula is C33H34F2N4O. The number of carbonyl (C=O) groups excluding carboxylic acids is 1. The van der Waals surface area contributed by atoms with Crippen LogP contribution in [-0.4, -0.2) is 15.9 Å². The van der Waals surface area contributed by atoms with Crippen molar-refractivity contribution in [3.05, 3.63) is 100 Å². The molecule has 4 aromatic rings. The molecular weight excluding hydrogens is 506 g/mol. The van der Waals surface area contributed by atoms with Gasteiger partial charge in [0.05, 0.1) is 10.9 Å². The van der Waals surface area contributed by atoms with Crippen LogP contribution in [0.2, 0.25) is 0 Å². The van der Waals surface area contributed by atoms with Gasteiger partial charge >= 0.3 is 0 Å². The van der Waals surface area contributed by atoms with Gasteiger partial charge in [-0.3, -0.25) is 9.78 Å². The van der Waals surface area contributed by atoms with Crippen LogP contribution in [-0.2, 0) is 29.6 Å². The van der Waals surface area contributed by atoms with Crippen molar-refractivity contribution in [2.24, 2.45) is 5.41 Å². The van der Waals surface area contributed by atoms with Gasteiger partial charge in [0.2, 0.25) is 5.91 Å². The number of pyridine rings is 2. The van der Waals surface area contributed by atoms with Crippen LogP contribution >= 0.6 is 0 Å². The van der Waals surface area contributed by atoms with Gasteiger partial charge in [-0.25, -0.2) is 13.8 Å². The highest BCUT2D eigenvalue weighted by Gasteiger charge is 2.51. The Balaban J connectivity index is 1.24. The quantitative estimate of drug-likeness (QED) is 0.254. The summed E-state index contributed by atoms with van der Waals surface area (Å²) in [5, 5.41) is 7.52. The average molecular weight is 541 g/mol. The predicted molar refractivity (Wildman–Crippen MR) is 153 cm³/mol. The van der Waals surface area contributed by atoms with E-state index in [4.69, 9.17) is 4.98 Å². The molecule has 0 radical (unpaired) electrons. The van der Waals surface area contributed by atoms with Crippen molar-refractivity contribution in [2.75, 3.05) is 5.32 Å². The van der Waals surface area contributed by atoms with E-state index in [-0.39, 0.29) is 17.4 Å². The number of hydrogen-bond donors (Lipinski definition) is 2. The first-order valence-electron chi connectivity index (χ1n) is 14.0. The molecule has 1 aliphatic heterocycles. The highest BCUT2D eigenvalue weighted by atomic mass is 19.1. The second-order valence-corrected chi connectivity index (χ2v) is 12.1. The van der Waals surface area contributed by atoms with E-state index >= 15 is 0 Å². The van der Waals surface area contributed by atoms with Gasteiger partial charge < -0.3 is 10.6 Å². The molecule has 5 nitrogen and oxygen atoms in total. The smallest absolute Gasteiger partial charge is 0.237 e. The Hall–Kier alpha value is -3.71. The van der Waals surface area contributed by atoms with Crippen LogP contribution in [0, 0.1) is 17.0 Å². The average Bonchev–Trinajstić information content (AvgIpc) is 3.43. The highest BCUT2D eigenvalue weighted by molar-refractivity contribution is 6.06. The Kier molecular flexibility index (Phi) is 6.65. The van der Waals surface area contributed by atoms with Crippen molar-refractivity contribution in [1.82, 2.24) is 15.3 Å². The third kappa shape index (κ3) is 4.87. The summed E-state index contributed by atoms with van der Waals surface area (Å²) in [6, 6.07) is 13.8. The first-order valence-corrected chi connectivity index (χ1v) is 14.0. The Morgan fingerprint density at radius 2 is 1.80 bits per heavy atom. The van der Waals surface area contributed by atoms with E-state index in [2.05, 4.69) is 54.6 Å². The van der Waals surface area contributed by atoms with Crippen LogP contribution in [0.1, 0.15) is 73.9 Å². The molecule has 0 unspecified atom stereocenters. The van der Waals surface area contributed by atoms with Crippen LogP contribution in [0.4, 0.5) is 14.6 Å². The topological polar surface area (TPSA) is 66.9 Å². The lowest BCUT2D eigenvalue weighted by molar-refractivity contribution is -0.120. The van der Waals surface area contributed by atoms with E-state index in [1.807, 2.05) is 18.3 Å². The number of anilines is 1. The number of nitrogens with one attached hydrogen (secondary N) is 2. The number of amides is 1. The molecule has 1 amide bonds. The number of aromatic nitrogens is 2. The van der Waals surface area contributed by atoms with Gasteiger partial charge in [0.1, 0.15) is 17.5 Å². The molecule has 206 valence electrons. The molecule has 2 atom stereocenters. The standard InChI is InChI=1S/C33H34F2N4O/c1-4-32(2,3)8-7-28(22-12-25(34)15-26(35)13-22)37-18-20-10-21-11-23-16-33(17-24(23)14-29(21)38-19-20)27-6-5-9-36-30(27)39-31(33)40/h5-6,9-15,19,28,37H,4,7-8,16-18H2,1-3H3,(H,36,39,40)/t28-,33-/m0/s1. The summed E-state index contributed by atoms with van der Waals surface area (Å²) < 4.78 is 28.2. The van der Waals surface area contributed by atoms with E-state index < -0.39 is 17.0 Å². The lowest BCUT2D eigenvalue weighted by Crippen LogP contribution is -2.35. The Morgan fingerprint density at radius 1 is 1.05 bits per heavy atom. The second-order valence-electron chi connectivity index (χ2n) is 12.1. The number of fused-ring (bicyclic) bond motifs is 4. The van der Waals surface area contributed by atoms with Crippen molar-refractivity contribution in [2.45, 2.75) is 70.9 Å². The molecule has 0 fully saturated rings. The molecule has 7 heteroatoms. The zero-order valence-corrected chi connectivity index (χ0v) is 23.2. The molecule has 3 heterocycles. The fourth-order valence-electron chi connectivity index (χ4n) is 6.16. The molecule has 0 saturated heterocycles. The normalized spacial score (nSPS) is 18.7. The number of halogens is 2. The molecule has 2 aliphatic rings.